The maximum absolute atomic E-state index is 6.28. The smallest absolute Gasteiger partial charge is 0.216 e. The van der Waals surface area contributed by atoms with Crippen LogP contribution in [0.4, 0.5) is 0 Å². The number of hydrogen-bond acceptors (Lipinski definition) is 5. The summed E-state index contributed by atoms with van der Waals surface area (Å²) in [5, 5.41) is 12.4. The highest BCUT2D eigenvalue weighted by molar-refractivity contribution is 7.71. The minimum atomic E-state index is 0.338. The summed E-state index contributed by atoms with van der Waals surface area (Å²) < 4.78 is 12.7. The number of methoxy groups -OCH3 is 1. The molecular weight excluding hydrogens is 407 g/mol. The molecule has 3 aromatic rings. The predicted molar refractivity (Wildman–Crippen MR) is 110 cm³/mol. The van der Waals surface area contributed by atoms with E-state index in [0.717, 1.165) is 5.56 Å². The highest BCUT2D eigenvalue weighted by Gasteiger charge is 2.12. The van der Waals surface area contributed by atoms with E-state index in [4.69, 9.17) is 44.9 Å². The Morgan fingerprint density at radius 1 is 1.22 bits per heavy atom. The van der Waals surface area contributed by atoms with Gasteiger partial charge in [-0.25, -0.2) is 5.10 Å². The molecule has 0 amide bonds. The number of ether oxygens (including phenoxy) is 2. The third-order valence-corrected chi connectivity index (χ3v) is 4.44. The SMILES string of the molecule is CCOc1ccc(C=Nn2c(-c3ccc(Cl)cc3Cl)n[nH]c2=S)cc1OC. The third kappa shape index (κ3) is 4.32. The second-order valence-corrected chi connectivity index (χ2v) is 6.61. The first kappa shape index (κ1) is 19.4. The van der Waals surface area contributed by atoms with Gasteiger partial charge in [0.15, 0.2) is 17.3 Å². The summed E-state index contributed by atoms with van der Waals surface area (Å²) in [7, 11) is 1.59. The monoisotopic (exact) mass is 422 g/mol. The Bertz CT molecular complexity index is 1050. The van der Waals surface area contributed by atoms with Gasteiger partial charge in [0.1, 0.15) is 0 Å². The lowest BCUT2D eigenvalue weighted by Crippen LogP contribution is -1.98. The van der Waals surface area contributed by atoms with Gasteiger partial charge in [0, 0.05) is 10.6 Å². The van der Waals surface area contributed by atoms with Crippen molar-refractivity contribution in [1.82, 2.24) is 14.9 Å². The Morgan fingerprint density at radius 3 is 2.74 bits per heavy atom. The fourth-order valence-corrected chi connectivity index (χ4v) is 3.08. The summed E-state index contributed by atoms with van der Waals surface area (Å²) in [5.41, 5.74) is 1.47. The fraction of sp³-hybridized carbons (Fsp3) is 0.167. The van der Waals surface area contributed by atoms with Crippen LogP contribution >= 0.6 is 35.4 Å². The highest BCUT2D eigenvalue weighted by Crippen LogP contribution is 2.30. The molecule has 6 nitrogen and oxygen atoms in total. The van der Waals surface area contributed by atoms with Crippen LogP contribution in [0.15, 0.2) is 41.5 Å². The van der Waals surface area contributed by atoms with E-state index in [2.05, 4.69) is 15.3 Å². The van der Waals surface area contributed by atoms with Gasteiger partial charge in [-0.15, -0.1) is 0 Å². The third-order valence-electron chi connectivity index (χ3n) is 3.63. The number of nitrogens with zero attached hydrogens (tertiary/aromatic N) is 3. The van der Waals surface area contributed by atoms with Crippen LogP contribution in [-0.2, 0) is 0 Å². The van der Waals surface area contributed by atoms with Gasteiger partial charge in [-0.05, 0) is 61.1 Å². The number of rotatable bonds is 6. The summed E-state index contributed by atoms with van der Waals surface area (Å²) in [6.45, 7) is 2.47. The molecule has 0 bridgehead atoms. The molecule has 0 aliphatic carbocycles. The van der Waals surface area contributed by atoms with Gasteiger partial charge >= 0.3 is 0 Å². The summed E-state index contributed by atoms with van der Waals surface area (Å²) >= 11 is 17.5. The molecule has 0 atom stereocenters. The molecule has 2 aromatic carbocycles. The molecule has 0 saturated heterocycles. The van der Waals surface area contributed by atoms with Crippen LogP contribution in [0.3, 0.4) is 0 Å². The van der Waals surface area contributed by atoms with Crippen molar-refractivity contribution in [3.05, 3.63) is 56.8 Å². The molecule has 1 aromatic heterocycles. The first-order valence-electron chi connectivity index (χ1n) is 8.01. The molecule has 0 radical (unpaired) electrons. The summed E-state index contributed by atoms with van der Waals surface area (Å²) in [5.74, 6) is 1.78. The normalized spacial score (nSPS) is 11.1. The van der Waals surface area contributed by atoms with Gasteiger partial charge in [-0.3, -0.25) is 0 Å². The molecule has 9 heteroatoms. The Kier molecular flexibility index (Phi) is 6.15. The van der Waals surface area contributed by atoms with E-state index in [9.17, 15) is 0 Å². The van der Waals surface area contributed by atoms with E-state index in [1.54, 1.807) is 31.5 Å². The van der Waals surface area contributed by atoms with Crippen LogP contribution in [0.2, 0.25) is 10.0 Å². The topological polar surface area (TPSA) is 64.4 Å². The number of aromatic amines is 1. The number of halogens is 2. The lowest BCUT2D eigenvalue weighted by atomic mass is 10.2. The van der Waals surface area contributed by atoms with Crippen LogP contribution < -0.4 is 9.47 Å². The van der Waals surface area contributed by atoms with Crippen molar-refractivity contribution in [3.8, 4) is 22.9 Å². The molecule has 0 aliphatic heterocycles. The lowest BCUT2D eigenvalue weighted by Gasteiger charge is -2.09. The molecule has 3 rings (SSSR count). The van der Waals surface area contributed by atoms with Crippen LogP contribution in [-0.4, -0.2) is 34.8 Å². The number of hydrogen-bond donors (Lipinski definition) is 1. The van der Waals surface area contributed by atoms with Crippen molar-refractivity contribution in [2.24, 2.45) is 5.10 Å². The molecule has 27 heavy (non-hydrogen) atoms. The molecule has 140 valence electrons. The van der Waals surface area contributed by atoms with Gasteiger partial charge in [-0.2, -0.15) is 14.9 Å². The van der Waals surface area contributed by atoms with E-state index in [1.165, 1.54) is 4.68 Å². The zero-order chi connectivity index (χ0) is 19.4. The Hall–Kier alpha value is -2.35. The molecule has 0 saturated carbocycles. The van der Waals surface area contributed by atoms with Gasteiger partial charge in [0.25, 0.3) is 0 Å². The standard InChI is InChI=1S/C18H16Cl2N4O2S/c1-3-26-15-7-4-11(8-16(15)25-2)10-21-24-17(22-23-18(24)27)13-6-5-12(19)9-14(13)20/h4-10H,3H2,1-2H3,(H,23,27). The van der Waals surface area contributed by atoms with Crippen molar-refractivity contribution in [1.29, 1.82) is 0 Å². The largest absolute Gasteiger partial charge is 0.493 e. The second-order valence-electron chi connectivity index (χ2n) is 5.38. The first-order valence-corrected chi connectivity index (χ1v) is 9.18. The highest BCUT2D eigenvalue weighted by atomic mass is 35.5. The maximum atomic E-state index is 6.28. The predicted octanol–water partition coefficient (Wildman–Crippen LogP) is 5.20. The first-order chi connectivity index (χ1) is 13.0. The molecular formula is C18H16Cl2N4O2S. The minimum Gasteiger partial charge on any atom is -0.493 e. The fourth-order valence-electron chi connectivity index (χ4n) is 2.41. The zero-order valence-electron chi connectivity index (χ0n) is 14.6. The van der Waals surface area contributed by atoms with Gasteiger partial charge in [0.05, 0.1) is 25.0 Å². The van der Waals surface area contributed by atoms with E-state index < -0.39 is 0 Å². The maximum Gasteiger partial charge on any atom is 0.216 e. The quantitative estimate of drug-likeness (QED) is 0.437. The molecule has 0 aliphatic rings. The van der Waals surface area contributed by atoms with E-state index >= 15 is 0 Å². The Morgan fingerprint density at radius 2 is 2.04 bits per heavy atom. The minimum absolute atomic E-state index is 0.338. The molecule has 0 spiro atoms. The number of aromatic nitrogens is 3. The van der Waals surface area contributed by atoms with Crippen molar-refractivity contribution in [2.45, 2.75) is 6.92 Å². The Labute approximate surface area is 171 Å². The molecule has 0 fully saturated rings. The zero-order valence-corrected chi connectivity index (χ0v) is 16.9. The van der Waals surface area contributed by atoms with Gasteiger partial charge < -0.3 is 9.47 Å². The number of nitrogens with one attached hydrogen (secondary N) is 1. The number of benzene rings is 2. The summed E-state index contributed by atoms with van der Waals surface area (Å²) in [6, 6.07) is 10.7. The van der Waals surface area contributed by atoms with E-state index in [1.807, 2.05) is 25.1 Å². The number of H-pyrrole nitrogens is 1. The van der Waals surface area contributed by atoms with Gasteiger partial charge in [0.2, 0.25) is 4.77 Å². The van der Waals surface area contributed by atoms with E-state index in [0.29, 0.717) is 44.3 Å². The summed E-state index contributed by atoms with van der Waals surface area (Å²) in [6.07, 6.45) is 1.65. The van der Waals surface area contributed by atoms with Crippen LogP contribution in [0.25, 0.3) is 11.4 Å². The summed E-state index contributed by atoms with van der Waals surface area (Å²) in [4.78, 5) is 0. The van der Waals surface area contributed by atoms with Crippen molar-refractivity contribution in [3.63, 3.8) is 0 Å². The van der Waals surface area contributed by atoms with Crippen LogP contribution in [0, 0.1) is 4.77 Å². The van der Waals surface area contributed by atoms with Crippen LogP contribution in [0.1, 0.15) is 12.5 Å². The Balaban J connectivity index is 1.97. The average Bonchev–Trinajstić information content (AvgIpc) is 3.01. The average molecular weight is 423 g/mol. The van der Waals surface area contributed by atoms with Crippen molar-refractivity contribution >= 4 is 41.6 Å². The van der Waals surface area contributed by atoms with E-state index in [-0.39, 0.29) is 0 Å². The molecule has 0 unspecified atom stereocenters. The molecule has 1 heterocycles. The second kappa shape index (κ2) is 8.56. The van der Waals surface area contributed by atoms with Crippen LogP contribution in [0.5, 0.6) is 11.5 Å². The van der Waals surface area contributed by atoms with Crippen molar-refractivity contribution in [2.75, 3.05) is 13.7 Å². The lowest BCUT2D eigenvalue weighted by molar-refractivity contribution is 0.311. The van der Waals surface area contributed by atoms with Gasteiger partial charge in [-0.1, -0.05) is 23.2 Å². The molecule has 1 N–H and O–H groups in total. The van der Waals surface area contributed by atoms with Crippen molar-refractivity contribution < 1.29 is 9.47 Å².